The van der Waals surface area contributed by atoms with Crippen LogP contribution in [-0.2, 0) is 17.8 Å². The van der Waals surface area contributed by atoms with E-state index in [0.717, 1.165) is 25.1 Å². The van der Waals surface area contributed by atoms with E-state index in [1.807, 2.05) is 4.57 Å². The summed E-state index contributed by atoms with van der Waals surface area (Å²) in [5, 5.41) is 0.547. The van der Waals surface area contributed by atoms with Crippen molar-refractivity contribution in [2.24, 2.45) is 5.92 Å². The number of aromatic nitrogens is 2. The van der Waals surface area contributed by atoms with Gasteiger partial charge in [0.15, 0.2) is 0 Å². The molecule has 0 aliphatic carbocycles. The molecule has 3 nitrogen and oxygen atoms in total. The Labute approximate surface area is 81.7 Å². The fraction of sp³-hybridized carbons (Fsp3) is 0.556. The summed E-state index contributed by atoms with van der Waals surface area (Å²) in [7, 11) is 0. The molecule has 0 saturated carbocycles. The summed E-state index contributed by atoms with van der Waals surface area (Å²) in [6, 6.07) is 0. The first-order valence-corrected chi connectivity index (χ1v) is 4.76. The molecular weight excluding hydrogens is 188 g/mol. The van der Waals surface area contributed by atoms with Gasteiger partial charge < -0.3 is 4.57 Å². The number of hydrogen-bond acceptors (Lipinski definition) is 2. The van der Waals surface area contributed by atoms with Crippen molar-refractivity contribution in [1.82, 2.24) is 9.55 Å². The fourth-order valence-electron chi connectivity index (χ4n) is 1.75. The number of aryl methyl sites for hydroxylation is 1. The average Bonchev–Trinajstić information content (AvgIpc) is 2.47. The van der Waals surface area contributed by atoms with Gasteiger partial charge in [-0.3, -0.25) is 4.79 Å². The molecular formula is C9H11ClN2O. The molecule has 0 spiro atoms. The van der Waals surface area contributed by atoms with E-state index < -0.39 is 0 Å². The zero-order chi connectivity index (χ0) is 9.42. The number of Topliss-reactive ketones (excluding diaryl/α,β-unsaturated/α-hetero) is 1. The summed E-state index contributed by atoms with van der Waals surface area (Å²) in [5.74, 6) is 0.394. The van der Waals surface area contributed by atoms with Crippen molar-refractivity contribution in [3.05, 3.63) is 17.2 Å². The van der Waals surface area contributed by atoms with Crippen LogP contribution in [0, 0.1) is 5.92 Å². The van der Waals surface area contributed by atoms with Gasteiger partial charge in [0, 0.05) is 18.9 Å². The van der Waals surface area contributed by atoms with E-state index in [0.29, 0.717) is 5.15 Å². The van der Waals surface area contributed by atoms with E-state index in [-0.39, 0.29) is 11.7 Å². The number of nitrogens with zero attached hydrogens (tertiary/aromatic N) is 2. The Bertz CT molecular complexity index is 345. The van der Waals surface area contributed by atoms with Crippen molar-refractivity contribution in [3.8, 4) is 0 Å². The number of carbonyl (C=O) groups is 1. The van der Waals surface area contributed by atoms with E-state index >= 15 is 0 Å². The Kier molecular flexibility index (Phi) is 2.12. The summed E-state index contributed by atoms with van der Waals surface area (Å²) >= 11 is 5.88. The van der Waals surface area contributed by atoms with Crippen LogP contribution in [0.2, 0.25) is 5.15 Å². The minimum atomic E-state index is 0.140. The molecule has 0 aromatic carbocycles. The largest absolute Gasteiger partial charge is 0.333 e. The van der Waals surface area contributed by atoms with Crippen molar-refractivity contribution in [1.29, 1.82) is 0 Å². The Balaban J connectivity index is 2.27. The molecule has 0 radical (unpaired) electrons. The first-order valence-electron chi connectivity index (χ1n) is 4.38. The van der Waals surface area contributed by atoms with Crippen molar-refractivity contribution in [3.63, 3.8) is 0 Å². The molecule has 0 amide bonds. The highest BCUT2D eigenvalue weighted by atomic mass is 35.5. The number of halogens is 1. The molecule has 0 saturated heterocycles. The Morgan fingerprint density at radius 3 is 3.23 bits per heavy atom. The molecule has 1 aromatic heterocycles. The first-order chi connectivity index (χ1) is 6.18. The van der Waals surface area contributed by atoms with Gasteiger partial charge in [0.05, 0.1) is 12.0 Å². The van der Waals surface area contributed by atoms with E-state index in [1.165, 1.54) is 0 Å². The molecule has 70 valence electrons. The lowest BCUT2D eigenvalue weighted by molar-refractivity contribution is -0.121. The van der Waals surface area contributed by atoms with Crippen molar-refractivity contribution < 1.29 is 4.79 Å². The average molecular weight is 199 g/mol. The Morgan fingerprint density at radius 2 is 2.54 bits per heavy atom. The molecule has 13 heavy (non-hydrogen) atoms. The molecule has 0 N–H and O–H groups in total. The van der Waals surface area contributed by atoms with Crippen LogP contribution in [0.3, 0.4) is 0 Å². The molecule has 1 aromatic rings. The predicted octanol–water partition coefficient (Wildman–Crippen LogP) is 1.69. The van der Waals surface area contributed by atoms with Gasteiger partial charge in [-0.25, -0.2) is 4.98 Å². The van der Waals surface area contributed by atoms with Gasteiger partial charge in [-0.2, -0.15) is 0 Å². The zero-order valence-electron chi connectivity index (χ0n) is 7.46. The normalized spacial score (nSPS) is 21.2. The quantitative estimate of drug-likeness (QED) is 0.689. The number of hydrogen-bond donors (Lipinski definition) is 0. The highest BCUT2D eigenvalue weighted by Gasteiger charge is 2.24. The van der Waals surface area contributed by atoms with Gasteiger partial charge in [0.2, 0.25) is 0 Å². The highest BCUT2D eigenvalue weighted by molar-refractivity contribution is 6.30. The van der Waals surface area contributed by atoms with Gasteiger partial charge in [0.25, 0.3) is 0 Å². The van der Waals surface area contributed by atoms with Crippen LogP contribution >= 0.6 is 11.6 Å². The van der Waals surface area contributed by atoms with Crippen molar-refractivity contribution in [2.45, 2.75) is 26.3 Å². The molecule has 4 heteroatoms. The predicted molar refractivity (Wildman–Crippen MR) is 49.7 cm³/mol. The lowest BCUT2D eigenvalue weighted by Crippen LogP contribution is -2.23. The fourth-order valence-corrected chi connectivity index (χ4v) is 1.98. The SMILES string of the molecule is CC(=O)C1CCn2cnc(Cl)c2C1. The number of imidazole rings is 1. The molecule has 2 heterocycles. The first kappa shape index (κ1) is 8.75. The number of ketones is 1. The number of rotatable bonds is 1. The Morgan fingerprint density at radius 1 is 1.77 bits per heavy atom. The van der Waals surface area contributed by atoms with Gasteiger partial charge in [-0.1, -0.05) is 11.6 Å². The molecule has 1 aliphatic heterocycles. The van der Waals surface area contributed by atoms with Crippen LogP contribution in [-0.4, -0.2) is 15.3 Å². The standard InChI is InChI=1S/C9H11ClN2O/c1-6(13)7-2-3-12-5-11-9(10)8(12)4-7/h5,7H,2-4H2,1H3. The maximum atomic E-state index is 11.2. The summed E-state index contributed by atoms with van der Waals surface area (Å²) in [6.07, 6.45) is 3.40. The van der Waals surface area contributed by atoms with Gasteiger partial charge in [0.1, 0.15) is 10.9 Å². The lowest BCUT2D eigenvalue weighted by Gasteiger charge is -2.21. The van der Waals surface area contributed by atoms with E-state index in [9.17, 15) is 4.79 Å². The van der Waals surface area contributed by atoms with E-state index in [4.69, 9.17) is 11.6 Å². The summed E-state index contributed by atoms with van der Waals surface area (Å²) in [5.41, 5.74) is 1.01. The zero-order valence-corrected chi connectivity index (χ0v) is 8.21. The summed E-state index contributed by atoms with van der Waals surface area (Å²) in [4.78, 5) is 15.2. The Hall–Kier alpha value is -0.830. The third-order valence-corrected chi connectivity index (χ3v) is 2.94. The van der Waals surface area contributed by atoms with Crippen LogP contribution in [0.4, 0.5) is 0 Å². The van der Waals surface area contributed by atoms with Crippen molar-refractivity contribution in [2.75, 3.05) is 0 Å². The lowest BCUT2D eigenvalue weighted by atomic mass is 9.93. The van der Waals surface area contributed by atoms with Crippen molar-refractivity contribution >= 4 is 17.4 Å². The van der Waals surface area contributed by atoms with E-state index in [1.54, 1.807) is 13.3 Å². The summed E-state index contributed by atoms with van der Waals surface area (Å²) in [6.45, 7) is 2.50. The second-order valence-corrected chi connectivity index (χ2v) is 3.83. The monoisotopic (exact) mass is 198 g/mol. The highest BCUT2D eigenvalue weighted by Crippen LogP contribution is 2.25. The van der Waals surface area contributed by atoms with Gasteiger partial charge >= 0.3 is 0 Å². The summed E-state index contributed by atoms with van der Waals surface area (Å²) < 4.78 is 2.03. The molecule has 1 aliphatic rings. The maximum Gasteiger partial charge on any atom is 0.150 e. The minimum Gasteiger partial charge on any atom is -0.333 e. The topological polar surface area (TPSA) is 34.9 Å². The molecule has 1 atom stereocenters. The smallest absolute Gasteiger partial charge is 0.150 e. The molecule has 2 rings (SSSR count). The minimum absolute atomic E-state index is 0.140. The second-order valence-electron chi connectivity index (χ2n) is 3.48. The van der Waals surface area contributed by atoms with E-state index in [2.05, 4.69) is 4.98 Å². The third kappa shape index (κ3) is 1.48. The maximum absolute atomic E-state index is 11.2. The number of carbonyl (C=O) groups excluding carboxylic acids is 1. The van der Waals surface area contributed by atoms with Crippen LogP contribution in [0.1, 0.15) is 19.0 Å². The van der Waals surface area contributed by atoms with Crippen LogP contribution in [0.5, 0.6) is 0 Å². The number of fused-ring (bicyclic) bond motifs is 1. The second kappa shape index (κ2) is 3.14. The third-order valence-electron chi connectivity index (χ3n) is 2.63. The molecule has 0 fully saturated rings. The molecule has 0 bridgehead atoms. The van der Waals surface area contributed by atoms with Crippen LogP contribution in [0.25, 0.3) is 0 Å². The van der Waals surface area contributed by atoms with Crippen LogP contribution < -0.4 is 0 Å². The van der Waals surface area contributed by atoms with Gasteiger partial charge in [-0.15, -0.1) is 0 Å². The molecule has 1 unspecified atom stereocenters. The van der Waals surface area contributed by atoms with Crippen LogP contribution in [0.15, 0.2) is 6.33 Å². The van der Waals surface area contributed by atoms with Gasteiger partial charge in [-0.05, 0) is 13.3 Å².